The molecule has 6 heteroatoms. The van der Waals surface area contributed by atoms with Gasteiger partial charge in [-0.15, -0.1) is 0 Å². The van der Waals surface area contributed by atoms with E-state index in [-0.39, 0.29) is 18.0 Å². The fourth-order valence-electron chi connectivity index (χ4n) is 3.77. The molecule has 0 aliphatic carbocycles. The highest BCUT2D eigenvalue weighted by molar-refractivity contribution is 5.97. The zero-order chi connectivity index (χ0) is 21.0. The molecule has 1 aliphatic rings. The van der Waals surface area contributed by atoms with Crippen molar-refractivity contribution in [1.82, 2.24) is 15.1 Å². The molecular weight excluding hydrogens is 366 g/mol. The van der Waals surface area contributed by atoms with Gasteiger partial charge in [-0.3, -0.25) is 4.79 Å². The summed E-state index contributed by atoms with van der Waals surface area (Å²) in [5.41, 5.74) is 4.05. The Balaban J connectivity index is 1.57. The molecule has 2 aromatic carbocycles. The molecule has 29 heavy (non-hydrogen) atoms. The second-order valence-corrected chi connectivity index (χ2v) is 7.51. The van der Waals surface area contributed by atoms with Crippen molar-refractivity contribution in [3.63, 3.8) is 0 Å². The topological polar surface area (TPSA) is 61.9 Å². The summed E-state index contributed by atoms with van der Waals surface area (Å²) in [6.07, 6.45) is 0. The standard InChI is InChI=1S/C23H29N3O3/c1-16-9-10-19(17(2)15-16)18(3)24-23(28)26-13-11-25(12-14-26)22(27)20-7-5-6-8-21(20)29-4/h5-10,15,18H,11-14H2,1-4H3,(H,24,28)/t18-/m0/s1. The van der Waals surface area contributed by atoms with Crippen LogP contribution in [0.3, 0.4) is 0 Å². The summed E-state index contributed by atoms with van der Waals surface area (Å²) < 4.78 is 5.30. The zero-order valence-corrected chi connectivity index (χ0v) is 17.6. The predicted molar refractivity (Wildman–Crippen MR) is 113 cm³/mol. The van der Waals surface area contributed by atoms with Crippen LogP contribution in [0, 0.1) is 13.8 Å². The largest absolute Gasteiger partial charge is 0.496 e. The van der Waals surface area contributed by atoms with E-state index in [1.54, 1.807) is 29.0 Å². The van der Waals surface area contributed by atoms with Crippen molar-refractivity contribution in [2.24, 2.45) is 0 Å². The minimum Gasteiger partial charge on any atom is -0.496 e. The molecule has 1 heterocycles. The number of nitrogens with one attached hydrogen (secondary N) is 1. The van der Waals surface area contributed by atoms with Gasteiger partial charge in [0.05, 0.1) is 18.7 Å². The van der Waals surface area contributed by atoms with E-state index in [0.29, 0.717) is 37.5 Å². The number of hydrogen-bond acceptors (Lipinski definition) is 3. The average Bonchev–Trinajstić information content (AvgIpc) is 2.73. The summed E-state index contributed by atoms with van der Waals surface area (Å²) in [6, 6.07) is 13.3. The van der Waals surface area contributed by atoms with Gasteiger partial charge in [-0.2, -0.15) is 0 Å². The molecule has 1 N–H and O–H groups in total. The number of ether oxygens (including phenoxy) is 1. The monoisotopic (exact) mass is 395 g/mol. The molecule has 1 saturated heterocycles. The van der Waals surface area contributed by atoms with Gasteiger partial charge < -0.3 is 19.9 Å². The van der Waals surface area contributed by atoms with Gasteiger partial charge in [-0.25, -0.2) is 4.79 Å². The van der Waals surface area contributed by atoms with Crippen molar-refractivity contribution in [1.29, 1.82) is 0 Å². The highest BCUT2D eigenvalue weighted by Crippen LogP contribution is 2.21. The number of para-hydroxylation sites is 1. The molecule has 1 fully saturated rings. The second-order valence-electron chi connectivity index (χ2n) is 7.51. The molecular formula is C23H29N3O3. The molecule has 0 aromatic heterocycles. The van der Waals surface area contributed by atoms with Crippen LogP contribution >= 0.6 is 0 Å². The number of nitrogens with zero attached hydrogens (tertiary/aromatic N) is 2. The van der Waals surface area contributed by atoms with E-state index in [0.717, 1.165) is 5.56 Å². The summed E-state index contributed by atoms with van der Waals surface area (Å²) in [7, 11) is 1.56. The fraction of sp³-hybridized carbons (Fsp3) is 0.391. The van der Waals surface area contributed by atoms with E-state index >= 15 is 0 Å². The van der Waals surface area contributed by atoms with E-state index in [4.69, 9.17) is 4.74 Å². The van der Waals surface area contributed by atoms with Crippen molar-refractivity contribution in [3.05, 3.63) is 64.7 Å². The lowest BCUT2D eigenvalue weighted by molar-refractivity contribution is 0.0660. The summed E-state index contributed by atoms with van der Waals surface area (Å²) >= 11 is 0. The number of urea groups is 1. The highest BCUT2D eigenvalue weighted by Gasteiger charge is 2.27. The summed E-state index contributed by atoms with van der Waals surface area (Å²) in [6.45, 7) is 8.14. The van der Waals surface area contributed by atoms with Crippen molar-refractivity contribution in [3.8, 4) is 5.75 Å². The molecule has 0 bridgehead atoms. The van der Waals surface area contributed by atoms with Crippen LogP contribution in [0.15, 0.2) is 42.5 Å². The molecule has 3 rings (SSSR count). The van der Waals surface area contributed by atoms with Gasteiger partial charge in [0.1, 0.15) is 5.75 Å². The Kier molecular flexibility index (Phi) is 6.42. The Morgan fingerprint density at radius 1 is 1.00 bits per heavy atom. The Morgan fingerprint density at radius 2 is 1.66 bits per heavy atom. The molecule has 1 aliphatic heterocycles. The highest BCUT2D eigenvalue weighted by atomic mass is 16.5. The molecule has 2 aromatic rings. The third kappa shape index (κ3) is 4.70. The molecule has 6 nitrogen and oxygen atoms in total. The van der Waals surface area contributed by atoms with Crippen LogP contribution < -0.4 is 10.1 Å². The van der Waals surface area contributed by atoms with Gasteiger partial charge in [0.15, 0.2) is 0 Å². The van der Waals surface area contributed by atoms with Crippen LogP contribution in [0.25, 0.3) is 0 Å². The number of aryl methyl sites for hydroxylation is 2. The quantitative estimate of drug-likeness (QED) is 0.861. The predicted octanol–water partition coefficient (Wildman–Crippen LogP) is 3.54. The van der Waals surface area contributed by atoms with E-state index in [2.05, 4.69) is 37.4 Å². The molecule has 3 amide bonds. The van der Waals surface area contributed by atoms with Crippen LogP contribution in [0.2, 0.25) is 0 Å². The van der Waals surface area contributed by atoms with Crippen LogP contribution in [0.1, 0.15) is 40.0 Å². The number of rotatable bonds is 4. The minimum absolute atomic E-state index is 0.0637. The summed E-state index contributed by atoms with van der Waals surface area (Å²) in [5, 5.41) is 3.08. The lowest BCUT2D eigenvalue weighted by Crippen LogP contribution is -2.53. The van der Waals surface area contributed by atoms with Crippen molar-refractivity contribution < 1.29 is 14.3 Å². The second kappa shape index (κ2) is 8.99. The van der Waals surface area contributed by atoms with E-state index in [1.165, 1.54) is 11.1 Å². The third-order valence-corrected chi connectivity index (χ3v) is 5.42. The van der Waals surface area contributed by atoms with Gasteiger partial charge in [0, 0.05) is 26.2 Å². The SMILES string of the molecule is COc1ccccc1C(=O)N1CCN(C(=O)N[C@@H](C)c2ccc(C)cc2C)CC1. The molecule has 0 radical (unpaired) electrons. The van der Waals surface area contributed by atoms with Crippen LogP contribution in [-0.2, 0) is 0 Å². The zero-order valence-electron chi connectivity index (χ0n) is 17.6. The first-order valence-electron chi connectivity index (χ1n) is 9.95. The van der Waals surface area contributed by atoms with Crippen molar-refractivity contribution >= 4 is 11.9 Å². The third-order valence-electron chi connectivity index (χ3n) is 5.42. The Hall–Kier alpha value is -3.02. The number of piperazine rings is 1. The molecule has 154 valence electrons. The first kappa shape index (κ1) is 20.7. The minimum atomic E-state index is -0.0955. The maximum absolute atomic E-state index is 12.8. The van der Waals surface area contributed by atoms with E-state index < -0.39 is 0 Å². The smallest absolute Gasteiger partial charge is 0.317 e. The molecule has 0 unspecified atom stereocenters. The van der Waals surface area contributed by atoms with Gasteiger partial charge >= 0.3 is 6.03 Å². The molecule has 1 atom stereocenters. The Morgan fingerprint density at radius 3 is 2.31 bits per heavy atom. The Labute approximate surface area is 172 Å². The lowest BCUT2D eigenvalue weighted by Gasteiger charge is -2.35. The fourth-order valence-corrected chi connectivity index (χ4v) is 3.77. The normalized spacial score (nSPS) is 15.0. The van der Waals surface area contributed by atoms with Crippen LogP contribution in [0.4, 0.5) is 4.79 Å². The Bertz CT molecular complexity index is 889. The molecule has 0 spiro atoms. The average molecular weight is 396 g/mol. The van der Waals surface area contributed by atoms with Crippen LogP contribution in [-0.4, -0.2) is 55.0 Å². The number of amides is 3. The number of hydrogen-bond donors (Lipinski definition) is 1. The van der Waals surface area contributed by atoms with Gasteiger partial charge in [-0.05, 0) is 44.0 Å². The first-order valence-corrected chi connectivity index (χ1v) is 9.95. The van der Waals surface area contributed by atoms with Gasteiger partial charge in [0.2, 0.25) is 0 Å². The van der Waals surface area contributed by atoms with E-state index in [9.17, 15) is 9.59 Å². The summed E-state index contributed by atoms with van der Waals surface area (Å²) in [4.78, 5) is 29.1. The maximum Gasteiger partial charge on any atom is 0.317 e. The number of carbonyl (C=O) groups excluding carboxylic acids is 2. The van der Waals surface area contributed by atoms with Gasteiger partial charge in [0.25, 0.3) is 5.91 Å². The number of methoxy groups -OCH3 is 1. The number of benzene rings is 2. The van der Waals surface area contributed by atoms with Crippen LogP contribution in [0.5, 0.6) is 5.75 Å². The molecule has 0 saturated carbocycles. The van der Waals surface area contributed by atoms with E-state index in [1.807, 2.05) is 19.1 Å². The maximum atomic E-state index is 12.8. The summed E-state index contributed by atoms with van der Waals surface area (Å²) in [5.74, 6) is 0.506. The number of carbonyl (C=O) groups is 2. The van der Waals surface area contributed by atoms with Gasteiger partial charge in [-0.1, -0.05) is 35.9 Å². The first-order chi connectivity index (χ1) is 13.9. The van der Waals surface area contributed by atoms with Crippen molar-refractivity contribution in [2.75, 3.05) is 33.3 Å². The van der Waals surface area contributed by atoms with Crippen molar-refractivity contribution in [2.45, 2.75) is 26.8 Å². The lowest BCUT2D eigenvalue weighted by atomic mass is 10.0.